The lowest BCUT2D eigenvalue weighted by atomic mass is 10.0. The van der Waals surface area contributed by atoms with Gasteiger partial charge < -0.3 is 25.1 Å². The Hall–Kier alpha value is -7.57. The molecule has 0 aliphatic heterocycles. The number of rotatable bonds is 11. The first-order valence-electron chi connectivity index (χ1n) is 16.7. The minimum Gasteiger partial charge on any atom is -0.406 e. The maximum Gasteiger partial charge on any atom is 0.573 e. The maximum absolute atomic E-state index is 13.5. The van der Waals surface area contributed by atoms with Gasteiger partial charge in [0.25, 0.3) is 0 Å². The van der Waals surface area contributed by atoms with Gasteiger partial charge in [0, 0.05) is 82.1 Å². The second-order valence-electron chi connectivity index (χ2n) is 12.3. The molecule has 6 heterocycles. The quantitative estimate of drug-likeness (QED) is 0.108. The SMILES string of the molecule is FC(F)(F)Oc1ccc(Nc2cc(-c3cnn(Cc4cncc(-c5cc(Nc6cc(-c7ccnc8[nH]ccc78)ncn6)ccc5OC(F)(F)F)c4)c3)ncn2)cc1. The molecule has 286 valence electrons. The molecule has 0 aliphatic rings. The predicted octanol–water partition coefficient (Wildman–Crippen LogP) is 9.07. The largest absolute Gasteiger partial charge is 0.573 e. The van der Waals surface area contributed by atoms with Crippen LogP contribution in [0, 0.1) is 0 Å². The molecule has 0 fully saturated rings. The number of nitrogens with one attached hydrogen (secondary N) is 3. The first-order valence-corrected chi connectivity index (χ1v) is 16.7. The van der Waals surface area contributed by atoms with Crippen LogP contribution in [0.1, 0.15) is 5.56 Å². The van der Waals surface area contributed by atoms with E-state index in [0.717, 1.165) is 10.9 Å². The fourth-order valence-corrected chi connectivity index (χ4v) is 5.91. The summed E-state index contributed by atoms with van der Waals surface area (Å²) in [5, 5.41) is 11.4. The van der Waals surface area contributed by atoms with Crippen LogP contribution in [0.2, 0.25) is 0 Å². The molecule has 8 rings (SSSR count). The third-order valence-corrected chi connectivity index (χ3v) is 8.29. The van der Waals surface area contributed by atoms with E-state index in [2.05, 4.69) is 60.1 Å². The molecule has 6 aromatic heterocycles. The smallest absolute Gasteiger partial charge is 0.406 e. The normalized spacial score (nSPS) is 11.8. The summed E-state index contributed by atoms with van der Waals surface area (Å²) in [7, 11) is 0. The highest BCUT2D eigenvalue weighted by molar-refractivity contribution is 5.92. The van der Waals surface area contributed by atoms with Crippen molar-refractivity contribution in [3.8, 4) is 45.1 Å². The molecular weight excluding hydrogens is 756 g/mol. The zero-order valence-corrected chi connectivity index (χ0v) is 28.9. The van der Waals surface area contributed by atoms with Crippen LogP contribution in [0.5, 0.6) is 11.5 Å². The van der Waals surface area contributed by atoms with Crippen LogP contribution in [-0.4, -0.2) is 57.4 Å². The molecule has 0 amide bonds. The number of aromatic nitrogens is 9. The monoisotopic (exact) mass is 781 g/mol. The summed E-state index contributed by atoms with van der Waals surface area (Å²) < 4.78 is 88.1. The molecule has 19 heteroatoms. The van der Waals surface area contributed by atoms with Crippen LogP contribution in [0.3, 0.4) is 0 Å². The fraction of sp³-hybridized carbons (Fsp3) is 0.0789. The molecule has 2 aromatic carbocycles. The predicted molar refractivity (Wildman–Crippen MR) is 196 cm³/mol. The van der Waals surface area contributed by atoms with E-state index >= 15 is 0 Å². The van der Waals surface area contributed by atoms with Crippen LogP contribution < -0.4 is 20.1 Å². The number of pyridine rings is 2. The van der Waals surface area contributed by atoms with E-state index in [-0.39, 0.29) is 17.9 Å². The molecule has 0 unspecified atom stereocenters. The van der Waals surface area contributed by atoms with Crippen molar-refractivity contribution in [2.75, 3.05) is 10.6 Å². The molecule has 8 aromatic rings. The van der Waals surface area contributed by atoms with E-state index in [1.54, 1.807) is 53.9 Å². The number of nitrogens with zero attached hydrogens (tertiary/aromatic N) is 8. The summed E-state index contributed by atoms with van der Waals surface area (Å²) in [6.45, 7) is 0.198. The van der Waals surface area contributed by atoms with E-state index in [1.807, 2.05) is 12.1 Å². The molecule has 57 heavy (non-hydrogen) atoms. The minimum atomic E-state index is -4.96. The fourth-order valence-electron chi connectivity index (χ4n) is 5.91. The van der Waals surface area contributed by atoms with Crippen molar-refractivity contribution >= 4 is 34.0 Å². The van der Waals surface area contributed by atoms with Crippen molar-refractivity contribution in [3.05, 3.63) is 128 Å². The van der Waals surface area contributed by atoms with Crippen LogP contribution in [0.25, 0.3) is 44.7 Å². The van der Waals surface area contributed by atoms with E-state index in [4.69, 9.17) is 0 Å². The lowest BCUT2D eigenvalue weighted by Gasteiger charge is -2.16. The van der Waals surface area contributed by atoms with Gasteiger partial charge in [-0.1, -0.05) is 0 Å². The Kier molecular flexibility index (Phi) is 9.54. The van der Waals surface area contributed by atoms with Crippen molar-refractivity contribution < 1.29 is 35.8 Å². The summed E-state index contributed by atoms with van der Waals surface area (Å²) in [6.07, 6.45) is 2.67. The first kappa shape index (κ1) is 36.4. The molecule has 13 nitrogen and oxygen atoms in total. The molecule has 0 spiro atoms. The van der Waals surface area contributed by atoms with Crippen LogP contribution >= 0.6 is 0 Å². The summed E-state index contributed by atoms with van der Waals surface area (Å²) in [4.78, 5) is 28.8. The number of fused-ring (bicyclic) bond motifs is 1. The Balaban J connectivity index is 1.00. The third kappa shape index (κ3) is 8.88. The number of halogens is 6. The highest BCUT2D eigenvalue weighted by atomic mass is 19.4. The van der Waals surface area contributed by atoms with E-state index in [9.17, 15) is 26.3 Å². The molecule has 0 atom stereocenters. The highest BCUT2D eigenvalue weighted by Gasteiger charge is 2.33. The lowest BCUT2D eigenvalue weighted by Crippen LogP contribution is -2.17. The van der Waals surface area contributed by atoms with Gasteiger partial charge in [-0.15, -0.1) is 26.3 Å². The van der Waals surface area contributed by atoms with Crippen molar-refractivity contribution in [1.29, 1.82) is 0 Å². The molecule has 0 aliphatic carbocycles. The third-order valence-electron chi connectivity index (χ3n) is 8.29. The number of hydrogen-bond donors (Lipinski definition) is 3. The molecule has 0 bridgehead atoms. The summed E-state index contributed by atoms with van der Waals surface area (Å²) >= 11 is 0. The summed E-state index contributed by atoms with van der Waals surface area (Å²) in [6, 6.07) is 18.1. The Morgan fingerprint density at radius 3 is 2.14 bits per heavy atom. The second kappa shape index (κ2) is 14.9. The lowest BCUT2D eigenvalue weighted by molar-refractivity contribution is -0.275. The van der Waals surface area contributed by atoms with Crippen LogP contribution in [0.15, 0.2) is 123 Å². The number of aromatic amines is 1. The van der Waals surface area contributed by atoms with Crippen LogP contribution in [-0.2, 0) is 6.54 Å². The summed E-state index contributed by atoms with van der Waals surface area (Å²) in [5.41, 5.74) is 5.22. The molecule has 0 saturated heterocycles. The second-order valence-corrected chi connectivity index (χ2v) is 12.3. The van der Waals surface area contributed by atoms with Gasteiger partial charge in [-0.3, -0.25) is 9.67 Å². The van der Waals surface area contributed by atoms with Gasteiger partial charge in [0.2, 0.25) is 0 Å². The molecule has 0 radical (unpaired) electrons. The van der Waals surface area contributed by atoms with Gasteiger partial charge in [0.1, 0.15) is 41.4 Å². The van der Waals surface area contributed by atoms with Gasteiger partial charge in [0.15, 0.2) is 0 Å². The average molecular weight is 782 g/mol. The Labute approximate surface area is 317 Å². The zero-order valence-electron chi connectivity index (χ0n) is 28.9. The van der Waals surface area contributed by atoms with Crippen molar-refractivity contribution in [3.63, 3.8) is 0 Å². The number of H-pyrrole nitrogens is 1. The van der Waals surface area contributed by atoms with E-state index in [0.29, 0.717) is 56.7 Å². The van der Waals surface area contributed by atoms with Gasteiger partial charge >= 0.3 is 12.7 Å². The van der Waals surface area contributed by atoms with E-state index < -0.39 is 18.5 Å². The maximum atomic E-state index is 13.5. The topological polar surface area (TPSA) is 153 Å². The van der Waals surface area contributed by atoms with E-state index in [1.165, 1.54) is 61.3 Å². The number of alkyl halides is 6. The Morgan fingerprint density at radius 1 is 0.649 bits per heavy atom. The van der Waals surface area contributed by atoms with Crippen molar-refractivity contribution in [2.45, 2.75) is 19.3 Å². The summed E-state index contributed by atoms with van der Waals surface area (Å²) in [5.74, 6) is -0.0202. The number of ether oxygens (including phenoxy) is 2. The van der Waals surface area contributed by atoms with Gasteiger partial charge in [0.05, 0.1) is 24.1 Å². The number of benzene rings is 2. The Bertz CT molecular complexity index is 2680. The highest BCUT2D eigenvalue weighted by Crippen LogP contribution is 2.37. The molecule has 3 N–H and O–H groups in total. The Morgan fingerprint density at radius 2 is 1.37 bits per heavy atom. The van der Waals surface area contributed by atoms with Crippen LogP contribution in [0.4, 0.5) is 49.4 Å². The van der Waals surface area contributed by atoms with Crippen molar-refractivity contribution in [1.82, 2.24) is 44.7 Å². The van der Waals surface area contributed by atoms with Gasteiger partial charge in [-0.2, -0.15) is 5.10 Å². The first-order chi connectivity index (χ1) is 27.4. The molecular formula is C38H25F6N11O2. The number of hydrogen-bond acceptors (Lipinski definition) is 11. The zero-order chi connectivity index (χ0) is 39.6. The number of anilines is 4. The standard InChI is InChI=1S/C38H25F6N11O2/c39-37(40,41)56-27-4-1-25(2-5-27)53-34-13-31(48-20-50-34)24-17-52-55(19-24)18-22-11-23(16-45-15-22)30-12-26(3-6-33(30)57-38(42,43)44)54-35-14-32(49-21-51-35)28-7-9-46-36-29(28)8-10-47-36/h1-17,19-21H,18H2,(H,46,47)(H,48,50,53)(H,49,51,54). The van der Waals surface area contributed by atoms with Crippen molar-refractivity contribution in [2.24, 2.45) is 0 Å². The van der Waals surface area contributed by atoms with Gasteiger partial charge in [-0.05, 0) is 66.2 Å². The molecule has 0 saturated carbocycles. The minimum absolute atomic E-state index is 0.119. The average Bonchev–Trinajstić information content (AvgIpc) is 3.86. The van der Waals surface area contributed by atoms with Gasteiger partial charge in [-0.25, -0.2) is 24.9 Å².